The molecule has 0 heterocycles. The second-order valence-electron chi connectivity index (χ2n) is 13.7. The van der Waals surface area contributed by atoms with Crippen LogP contribution in [0.4, 0.5) is 0 Å². The minimum Gasteiger partial charge on any atom is -0.394 e. The minimum absolute atomic E-state index is 0.0961. The van der Waals surface area contributed by atoms with Crippen LogP contribution in [-0.4, -0.2) is 34.9 Å². The van der Waals surface area contributed by atoms with E-state index in [0.717, 1.165) is 51.4 Å². The highest BCUT2D eigenvalue weighted by molar-refractivity contribution is 5.76. The first kappa shape index (κ1) is 45.3. The van der Waals surface area contributed by atoms with Crippen molar-refractivity contribution in [1.82, 2.24) is 5.32 Å². The first-order chi connectivity index (χ1) is 23.2. The molecule has 4 heteroatoms. The lowest BCUT2D eigenvalue weighted by atomic mass is 10.0. The highest BCUT2D eigenvalue weighted by atomic mass is 16.3. The summed E-state index contributed by atoms with van der Waals surface area (Å²) in [4.78, 5) is 12.3. The van der Waals surface area contributed by atoms with E-state index in [0.29, 0.717) is 6.42 Å². The van der Waals surface area contributed by atoms with E-state index in [1.165, 1.54) is 128 Å². The third kappa shape index (κ3) is 35.5. The average Bonchev–Trinajstić information content (AvgIpc) is 3.07. The molecule has 0 fully saturated rings. The van der Waals surface area contributed by atoms with Crippen LogP contribution in [0, 0.1) is 0 Å². The number of aliphatic hydroxyl groups excluding tert-OH is 2. The van der Waals surface area contributed by atoms with E-state index in [1.54, 1.807) is 6.08 Å². The summed E-state index contributed by atoms with van der Waals surface area (Å²) in [5, 5.41) is 22.9. The van der Waals surface area contributed by atoms with E-state index in [-0.39, 0.29) is 12.5 Å². The molecule has 0 aromatic carbocycles. The second kappa shape index (κ2) is 38.8. The van der Waals surface area contributed by atoms with E-state index in [1.807, 2.05) is 6.08 Å². The first-order valence-electron chi connectivity index (χ1n) is 20.4. The van der Waals surface area contributed by atoms with Gasteiger partial charge in [-0.05, 0) is 70.6 Å². The molecule has 0 bridgehead atoms. The molecule has 0 rings (SSSR count). The Hall–Kier alpha value is -1.65. The van der Waals surface area contributed by atoms with Gasteiger partial charge in [0.1, 0.15) is 0 Å². The number of hydrogen-bond donors (Lipinski definition) is 3. The van der Waals surface area contributed by atoms with Gasteiger partial charge >= 0.3 is 0 Å². The maximum atomic E-state index is 12.3. The maximum Gasteiger partial charge on any atom is 0.220 e. The molecule has 0 aromatic heterocycles. The van der Waals surface area contributed by atoms with Crippen molar-refractivity contribution in [3.63, 3.8) is 0 Å². The Balaban J connectivity index is 3.69. The highest BCUT2D eigenvalue weighted by Gasteiger charge is 2.17. The molecular weight excluding hydrogens is 578 g/mol. The van der Waals surface area contributed by atoms with Crippen molar-refractivity contribution in [2.45, 2.75) is 212 Å². The summed E-state index contributed by atoms with van der Waals surface area (Å²) < 4.78 is 0. The number of nitrogens with one attached hydrogen (secondary N) is 1. The topological polar surface area (TPSA) is 69.6 Å². The lowest BCUT2D eigenvalue weighted by Gasteiger charge is -2.19. The molecule has 2 atom stereocenters. The van der Waals surface area contributed by atoms with Gasteiger partial charge < -0.3 is 15.5 Å². The van der Waals surface area contributed by atoms with Gasteiger partial charge in [-0.2, -0.15) is 0 Å². The molecule has 274 valence electrons. The second-order valence-corrected chi connectivity index (χ2v) is 13.7. The van der Waals surface area contributed by atoms with Crippen LogP contribution in [0.1, 0.15) is 200 Å². The Labute approximate surface area is 293 Å². The van der Waals surface area contributed by atoms with Gasteiger partial charge in [0.25, 0.3) is 0 Å². The molecule has 0 spiro atoms. The SMILES string of the molecule is CCCCCCCC/C=C\CCCCCC(=O)NC(CO)C(O)/C=C/CC/C=C/CC/C=C/CCCCCCCCCCCCCC. The maximum absolute atomic E-state index is 12.3. The van der Waals surface area contributed by atoms with Crippen molar-refractivity contribution in [2.75, 3.05) is 6.61 Å². The van der Waals surface area contributed by atoms with Crippen LogP contribution < -0.4 is 5.32 Å². The van der Waals surface area contributed by atoms with E-state index in [9.17, 15) is 15.0 Å². The van der Waals surface area contributed by atoms with E-state index >= 15 is 0 Å². The molecule has 0 aliphatic rings. The Morgan fingerprint density at radius 3 is 1.23 bits per heavy atom. The third-order valence-electron chi connectivity index (χ3n) is 9.01. The summed E-state index contributed by atoms with van der Waals surface area (Å²) in [6, 6.07) is -0.652. The monoisotopic (exact) mass is 658 g/mol. The highest BCUT2D eigenvalue weighted by Crippen LogP contribution is 2.13. The zero-order chi connectivity index (χ0) is 34.3. The van der Waals surface area contributed by atoms with Crippen LogP contribution in [0.15, 0.2) is 48.6 Å². The fourth-order valence-electron chi connectivity index (χ4n) is 5.85. The van der Waals surface area contributed by atoms with Crippen molar-refractivity contribution in [3.8, 4) is 0 Å². The van der Waals surface area contributed by atoms with Crippen molar-refractivity contribution < 1.29 is 15.0 Å². The molecule has 0 aliphatic heterocycles. The standard InChI is InChI=1S/C43H79NO3/c1-3-5-7-9-11-13-15-17-18-19-20-21-22-23-24-25-27-28-30-32-34-36-38-42(46)41(40-45)44-43(47)39-37-35-33-31-29-26-16-14-12-10-8-6-4-2/h23-24,26,28-30,36,38,41-42,45-46H,3-22,25,27,31-35,37,39-40H2,1-2H3,(H,44,47)/b24-23+,29-26-,30-28+,38-36+. The smallest absolute Gasteiger partial charge is 0.220 e. The molecule has 0 saturated heterocycles. The summed E-state index contributed by atoms with van der Waals surface area (Å²) in [5.41, 5.74) is 0. The molecule has 1 amide bonds. The zero-order valence-electron chi connectivity index (χ0n) is 31.3. The van der Waals surface area contributed by atoms with Crippen LogP contribution in [0.3, 0.4) is 0 Å². The predicted octanol–water partition coefficient (Wildman–Crippen LogP) is 12.4. The average molecular weight is 658 g/mol. The van der Waals surface area contributed by atoms with Crippen molar-refractivity contribution in [3.05, 3.63) is 48.6 Å². The molecule has 0 radical (unpaired) electrons. The number of carbonyl (C=O) groups is 1. The van der Waals surface area contributed by atoms with Gasteiger partial charge in [0, 0.05) is 6.42 Å². The van der Waals surface area contributed by atoms with Gasteiger partial charge in [-0.25, -0.2) is 0 Å². The van der Waals surface area contributed by atoms with Crippen molar-refractivity contribution in [2.24, 2.45) is 0 Å². The number of carbonyl (C=O) groups excluding carboxylic acids is 1. The Bertz CT molecular complexity index is 756. The van der Waals surface area contributed by atoms with Gasteiger partial charge in [0.2, 0.25) is 5.91 Å². The molecule has 47 heavy (non-hydrogen) atoms. The quantitative estimate of drug-likeness (QED) is 0.0464. The fraction of sp³-hybridized carbons (Fsp3) is 0.791. The summed E-state index contributed by atoms with van der Waals surface area (Å²) in [7, 11) is 0. The van der Waals surface area contributed by atoms with Gasteiger partial charge in [-0.3, -0.25) is 4.79 Å². The largest absolute Gasteiger partial charge is 0.394 e. The van der Waals surface area contributed by atoms with Gasteiger partial charge in [0.15, 0.2) is 0 Å². The zero-order valence-corrected chi connectivity index (χ0v) is 31.3. The van der Waals surface area contributed by atoms with E-state index in [2.05, 4.69) is 55.6 Å². The predicted molar refractivity (Wildman–Crippen MR) is 207 cm³/mol. The van der Waals surface area contributed by atoms with Gasteiger partial charge in [-0.15, -0.1) is 0 Å². The number of unbranched alkanes of at least 4 members (excludes halogenated alkanes) is 23. The van der Waals surface area contributed by atoms with Crippen LogP contribution in [-0.2, 0) is 4.79 Å². The summed E-state index contributed by atoms with van der Waals surface area (Å²) in [6.07, 6.45) is 52.1. The number of allylic oxidation sites excluding steroid dienone is 7. The minimum atomic E-state index is -0.875. The molecule has 2 unspecified atom stereocenters. The van der Waals surface area contributed by atoms with Crippen LogP contribution in [0.2, 0.25) is 0 Å². The molecule has 0 saturated carbocycles. The van der Waals surface area contributed by atoms with E-state index < -0.39 is 12.1 Å². The fourth-order valence-corrected chi connectivity index (χ4v) is 5.85. The third-order valence-corrected chi connectivity index (χ3v) is 9.01. The van der Waals surface area contributed by atoms with E-state index in [4.69, 9.17) is 0 Å². The number of rotatable bonds is 36. The van der Waals surface area contributed by atoms with Crippen LogP contribution >= 0.6 is 0 Å². The van der Waals surface area contributed by atoms with Gasteiger partial charge in [-0.1, -0.05) is 172 Å². The van der Waals surface area contributed by atoms with Gasteiger partial charge in [0.05, 0.1) is 18.8 Å². The normalized spacial score (nSPS) is 13.5. The number of hydrogen-bond acceptors (Lipinski definition) is 3. The Kier molecular flexibility index (Phi) is 37.4. The summed E-state index contributed by atoms with van der Waals surface area (Å²) in [6.45, 7) is 4.27. The summed E-state index contributed by atoms with van der Waals surface area (Å²) >= 11 is 0. The molecule has 4 nitrogen and oxygen atoms in total. The molecule has 0 aromatic rings. The lowest BCUT2D eigenvalue weighted by Crippen LogP contribution is -2.45. The van der Waals surface area contributed by atoms with Crippen LogP contribution in [0.25, 0.3) is 0 Å². The van der Waals surface area contributed by atoms with Crippen molar-refractivity contribution >= 4 is 5.91 Å². The van der Waals surface area contributed by atoms with Crippen LogP contribution in [0.5, 0.6) is 0 Å². The number of amides is 1. The number of aliphatic hydroxyl groups is 2. The molecular formula is C43H79NO3. The Morgan fingerprint density at radius 2 is 0.830 bits per heavy atom. The molecule has 0 aliphatic carbocycles. The Morgan fingerprint density at radius 1 is 0.489 bits per heavy atom. The first-order valence-corrected chi connectivity index (χ1v) is 20.4. The molecule has 3 N–H and O–H groups in total. The summed E-state index contributed by atoms with van der Waals surface area (Å²) in [5.74, 6) is -0.0961. The van der Waals surface area contributed by atoms with Crippen molar-refractivity contribution in [1.29, 1.82) is 0 Å². The lowest BCUT2D eigenvalue weighted by molar-refractivity contribution is -0.123.